The summed E-state index contributed by atoms with van der Waals surface area (Å²) in [5.41, 5.74) is 0.348. The SMILES string of the molecule is CC(C)OP(=O)(OC(C)C)/C(Br)=C/c1ccc(F)c(F)c1. The highest BCUT2D eigenvalue weighted by Crippen LogP contribution is 2.60. The Morgan fingerprint density at radius 3 is 2.10 bits per heavy atom. The molecule has 0 N–H and O–H groups in total. The lowest BCUT2D eigenvalue weighted by Crippen LogP contribution is -2.07. The van der Waals surface area contributed by atoms with Crippen LogP contribution < -0.4 is 0 Å². The Kier molecular flexibility index (Phi) is 6.72. The molecule has 1 rings (SSSR count). The first-order chi connectivity index (χ1) is 9.64. The molecule has 118 valence electrons. The molecule has 0 aromatic heterocycles. The molecule has 1 aromatic rings. The monoisotopic (exact) mass is 382 g/mol. The fraction of sp³-hybridized carbons (Fsp3) is 0.429. The maximum Gasteiger partial charge on any atom is 0.368 e. The van der Waals surface area contributed by atoms with E-state index in [9.17, 15) is 13.3 Å². The molecule has 0 aliphatic carbocycles. The summed E-state index contributed by atoms with van der Waals surface area (Å²) in [6, 6.07) is 3.37. The molecule has 0 unspecified atom stereocenters. The summed E-state index contributed by atoms with van der Waals surface area (Å²) in [4.78, 5) is 0. The van der Waals surface area contributed by atoms with Crippen molar-refractivity contribution < 1.29 is 22.4 Å². The molecule has 0 atom stereocenters. The van der Waals surface area contributed by atoms with Crippen molar-refractivity contribution in [3.8, 4) is 0 Å². The summed E-state index contributed by atoms with van der Waals surface area (Å²) in [6.45, 7) is 6.92. The van der Waals surface area contributed by atoms with E-state index in [0.29, 0.717) is 5.56 Å². The van der Waals surface area contributed by atoms with Gasteiger partial charge in [-0.2, -0.15) is 0 Å². The molecular weight excluding hydrogens is 365 g/mol. The molecule has 21 heavy (non-hydrogen) atoms. The summed E-state index contributed by atoms with van der Waals surface area (Å²) in [5.74, 6) is -1.92. The third kappa shape index (κ3) is 5.62. The van der Waals surface area contributed by atoms with Crippen LogP contribution in [0.5, 0.6) is 0 Å². The van der Waals surface area contributed by atoms with E-state index in [0.717, 1.165) is 12.1 Å². The maximum absolute atomic E-state index is 13.2. The average molecular weight is 383 g/mol. The van der Waals surface area contributed by atoms with Crippen LogP contribution >= 0.6 is 23.5 Å². The van der Waals surface area contributed by atoms with Gasteiger partial charge in [0.25, 0.3) is 0 Å². The summed E-state index contributed by atoms with van der Waals surface area (Å²) < 4.78 is 49.8. The Morgan fingerprint density at radius 2 is 1.67 bits per heavy atom. The van der Waals surface area contributed by atoms with Crippen molar-refractivity contribution in [3.63, 3.8) is 0 Å². The highest BCUT2D eigenvalue weighted by atomic mass is 79.9. The Labute approximate surface area is 132 Å². The van der Waals surface area contributed by atoms with Crippen molar-refractivity contribution in [3.05, 3.63) is 39.6 Å². The van der Waals surface area contributed by atoms with Crippen molar-refractivity contribution in [2.45, 2.75) is 39.9 Å². The second kappa shape index (κ2) is 7.63. The highest BCUT2D eigenvalue weighted by molar-refractivity contribution is 9.13. The fourth-order valence-corrected chi connectivity index (χ4v) is 3.93. The van der Waals surface area contributed by atoms with Gasteiger partial charge in [-0.1, -0.05) is 6.07 Å². The number of halogens is 3. The molecule has 0 radical (unpaired) electrons. The molecular formula is C14H18BrF2O3P. The van der Waals surface area contributed by atoms with Gasteiger partial charge in [-0.3, -0.25) is 4.57 Å². The lowest BCUT2D eigenvalue weighted by atomic mass is 10.2. The van der Waals surface area contributed by atoms with E-state index < -0.39 is 19.2 Å². The predicted octanol–water partition coefficient (Wildman–Crippen LogP) is 5.70. The van der Waals surface area contributed by atoms with Crippen LogP contribution in [0.3, 0.4) is 0 Å². The predicted molar refractivity (Wildman–Crippen MR) is 83.3 cm³/mol. The van der Waals surface area contributed by atoms with Crippen molar-refractivity contribution in [1.82, 2.24) is 0 Å². The van der Waals surface area contributed by atoms with Crippen molar-refractivity contribution in [2.24, 2.45) is 0 Å². The summed E-state index contributed by atoms with van der Waals surface area (Å²) in [5, 5.41) is 0. The molecule has 0 bridgehead atoms. The van der Waals surface area contributed by atoms with E-state index in [1.165, 1.54) is 12.1 Å². The van der Waals surface area contributed by atoms with Gasteiger partial charge in [-0.25, -0.2) is 8.78 Å². The van der Waals surface area contributed by atoms with Gasteiger partial charge in [0.05, 0.1) is 12.2 Å². The second-order valence-corrected chi connectivity index (χ2v) is 8.31. The molecule has 7 heteroatoms. The van der Waals surface area contributed by atoms with Crippen LogP contribution in [0.25, 0.3) is 6.08 Å². The van der Waals surface area contributed by atoms with Gasteiger partial charge in [-0.05, 0) is 67.4 Å². The smallest absolute Gasteiger partial charge is 0.302 e. The lowest BCUT2D eigenvalue weighted by Gasteiger charge is -2.22. The molecule has 0 spiro atoms. The Balaban J connectivity index is 3.14. The average Bonchev–Trinajstić information content (AvgIpc) is 2.31. The molecule has 0 aliphatic rings. The zero-order valence-electron chi connectivity index (χ0n) is 12.3. The van der Waals surface area contributed by atoms with E-state index in [-0.39, 0.29) is 16.4 Å². The van der Waals surface area contributed by atoms with Gasteiger partial charge in [0, 0.05) is 0 Å². The Morgan fingerprint density at radius 1 is 1.14 bits per heavy atom. The summed E-state index contributed by atoms with van der Waals surface area (Å²) in [6.07, 6.45) is 0.759. The standard InChI is InChI=1S/C14H18BrF2O3P/c1-9(2)19-21(18,20-10(3)4)14(15)8-11-5-6-12(16)13(17)7-11/h5-10H,1-4H3/b14-8+. The topological polar surface area (TPSA) is 35.5 Å². The molecule has 0 saturated carbocycles. The maximum atomic E-state index is 13.2. The molecule has 0 saturated heterocycles. The number of benzene rings is 1. The quantitative estimate of drug-likeness (QED) is 0.591. The number of hydrogen-bond donors (Lipinski definition) is 0. The van der Waals surface area contributed by atoms with E-state index in [2.05, 4.69) is 15.9 Å². The van der Waals surface area contributed by atoms with Crippen molar-refractivity contribution in [1.29, 1.82) is 0 Å². The minimum atomic E-state index is -3.55. The lowest BCUT2D eigenvalue weighted by molar-refractivity contribution is 0.149. The molecule has 0 fully saturated rings. The van der Waals surface area contributed by atoms with Gasteiger partial charge < -0.3 is 9.05 Å². The van der Waals surface area contributed by atoms with Crippen LogP contribution in [0.4, 0.5) is 8.78 Å². The van der Waals surface area contributed by atoms with E-state index >= 15 is 0 Å². The van der Waals surface area contributed by atoms with Crippen LogP contribution in [0, 0.1) is 11.6 Å². The normalized spacial score (nSPS) is 13.3. The zero-order valence-corrected chi connectivity index (χ0v) is 14.8. The number of hydrogen-bond acceptors (Lipinski definition) is 3. The van der Waals surface area contributed by atoms with E-state index in [1.807, 2.05) is 0 Å². The highest BCUT2D eigenvalue weighted by Gasteiger charge is 2.31. The molecule has 0 heterocycles. The van der Waals surface area contributed by atoms with E-state index in [4.69, 9.17) is 9.05 Å². The van der Waals surface area contributed by atoms with Gasteiger partial charge in [0.1, 0.15) is 4.22 Å². The van der Waals surface area contributed by atoms with Crippen LogP contribution in [0.15, 0.2) is 22.4 Å². The van der Waals surface area contributed by atoms with Gasteiger partial charge in [-0.15, -0.1) is 0 Å². The first kappa shape index (κ1) is 18.5. The molecule has 3 nitrogen and oxygen atoms in total. The number of rotatable bonds is 6. The van der Waals surface area contributed by atoms with E-state index in [1.54, 1.807) is 27.7 Å². The third-order valence-electron chi connectivity index (χ3n) is 2.19. The van der Waals surface area contributed by atoms with Crippen LogP contribution in [0.1, 0.15) is 33.3 Å². The van der Waals surface area contributed by atoms with Crippen molar-refractivity contribution in [2.75, 3.05) is 0 Å². The van der Waals surface area contributed by atoms with Gasteiger partial charge in [0.15, 0.2) is 11.6 Å². The summed E-state index contributed by atoms with van der Waals surface area (Å²) >= 11 is 3.17. The Hall–Kier alpha value is -0.550. The van der Waals surface area contributed by atoms with Gasteiger partial charge in [0.2, 0.25) is 0 Å². The minimum absolute atomic E-state index is 0.156. The third-order valence-corrected chi connectivity index (χ3v) is 5.77. The second-order valence-electron chi connectivity index (χ2n) is 4.95. The van der Waals surface area contributed by atoms with Crippen LogP contribution in [-0.4, -0.2) is 12.2 Å². The first-order valence-corrected chi connectivity index (χ1v) is 8.77. The largest absolute Gasteiger partial charge is 0.368 e. The van der Waals surface area contributed by atoms with Crippen LogP contribution in [0.2, 0.25) is 0 Å². The first-order valence-electron chi connectivity index (χ1n) is 6.43. The van der Waals surface area contributed by atoms with Crippen molar-refractivity contribution >= 4 is 29.6 Å². The molecule has 0 amide bonds. The van der Waals surface area contributed by atoms with Crippen LogP contribution in [-0.2, 0) is 13.6 Å². The van der Waals surface area contributed by atoms with Gasteiger partial charge >= 0.3 is 7.60 Å². The zero-order chi connectivity index (χ0) is 16.2. The molecule has 0 aliphatic heterocycles. The fourth-order valence-electron chi connectivity index (χ4n) is 1.50. The minimum Gasteiger partial charge on any atom is -0.302 e. The Bertz CT molecular complexity index is 559. The summed E-state index contributed by atoms with van der Waals surface area (Å²) in [7, 11) is -3.55. The molecule has 1 aromatic carbocycles.